The number of nitrogens with one attached hydrogen (secondary N) is 2. The number of nitrogens with zero attached hydrogens (tertiary/aromatic N) is 4. The van der Waals surface area contributed by atoms with Gasteiger partial charge in [-0.1, -0.05) is 55.4 Å². The van der Waals surface area contributed by atoms with Gasteiger partial charge in [-0.3, -0.25) is 9.89 Å². The molecule has 0 spiro atoms. The van der Waals surface area contributed by atoms with Crippen molar-refractivity contribution in [3.8, 4) is 0 Å². The minimum Gasteiger partial charge on any atom is -0.343 e. The predicted molar refractivity (Wildman–Crippen MR) is 118 cm³/mol. The van der Waals surface area contributed by atoms with Crippen LogP contribution in [0.3, 0.4) is 0 Å². The average molecular weight is 445 g/mol. The summed E-state index contributed by atoms with van der Waals surface area (Å²) in [7, 11) is 0. The van der Waals surface area contributed by atoms with Gasteiger partial charge in [0.25, 0.3) is 5.91 Å². The van der Waals surface area contributed by atoms with Crippen molar-refractivity contribution in [2.24, 2.45) is 5.92 Å². The topological polar surface area (TPSA) is 88.5 Å². The normalized spacial score (nSPS) is 13.1. The van der Waals surface area contributed by atoms with E-state index in [0.29, 0.717) is 23.9 Å². The van der Waals surface area contributed by atoms with Gasteiger partial charge in [-0.25, -0.2) is 0 Å². The molecule has 0 unspecified atom stereocenters. The largest absolute Gasteiger partial charge is 0.343 e. The molecule has 1 aromatic carbocycles. The van der Waals surface area contributed by atoms with Crippen LogP contribution in [-0.4, -0.2) is 30.9 Å². The number of aromatic amines is 1. The van der Waals surface area contributed by atoms with Crippen molar-refractivity contribution in [2.75, 3.05) is 0 Å². The second-order valence-electron chi connectivity index (χ2n) is 7.85. The molecule has 0 aliphatic heterocycles. The first-order valence-corrected chi connectivity index (χ1v) is 11.5. The number of thioether (sulfide) groups is 1. The lowest BCUT2D eigenvalue weighted by Crippen LogP contribution is -2.26. The summed E-state index contributed by atoms with van der Waals surface area (Å²) in [6.07, 6.45) is 2.93. The van der Waals surface area contributed by atoms with Crippen molar-refractivity contribution in [1.29, 1.82) is 0 Å². The van der Waals surface area contributed by atoms with Crippen LogP contribution in [0.5, 0.6) is 0 Å². The Balaban J connectivity index is 1.46. The van der Waals surface area contributed by atoms with Gasteiger partial charge in [-0.2, -0.15) is 5.10 Å². The molecule has 3 aromatic rings. The van der Waals surface area contributed by atoms with Crippen molar-refractivity contribution >= 4 is 29.3 Å². The third-order valence-corrected chi connectivity index (χ3v) is 6.47. The highest BCUT2D eigenvalue weighted by molar-refractivity contribution is 7.98. The maximum absolute atomic E-state index is 12.7. The number of hydrogen-bond acceptors (Lipinski definition) is 5. The van der Waals surface area contributed by atoms with E-state index in [1.54, 1.807) is 11.8 Å². The molecule has 4 rings (SSSR count). The molecule has 7 nitrogen and oxygen atoms in total. The fourth-order valence-electron chi connectivity index (χ4n) is 3.61. The molecule has 1 amide bonds. The van der Waals surface area contributed by atoms with Crippen molar-refractivity contribution in [3.63, 3.8) is 0 Å². The van der Waals surface area contributed by atoms with Gasteiger partial charge < -0.3 is 9.88 Å². The standard InChI is InChI=1S/C21H25ClN6OS/c1-13(2)11-28-18(10-23-20(29)19-15-7-5-9-17(15)24-26-19)25-27-21(28)30-12-14-6-3-4-8-16(14)22/h3-4,6,8,13H,5,7,9-12H2,1-2H3,(H,23,29)(H,24,26). The zero-order valence-electron chi connectivity index (χ0n) is 17.1. The van der Waals surface area contributed by atoms with Crippen molar-refractivity contribution < 1.29 is 4.79 Å². The molecule has 0 radical (unpaired) electrons. The Morgan fingerprint density at radius 3 is 2.93 bits per heavy atom. The van der Waals surface area contributed by atoms with Crippen molar-refractivity contribution in [3.05, 3.63) is 57.6 Å². The lowest BCUT2D eigenvalue weighted by molar-refractivity contribution is 0.0943. The molecular formula is C21H25ClN6OS. The van der Waals surface area contributed by atoms with Gasteiger partial charge in [-0.15, -0.1) is 10.2 Å². The average Bonchev–Trinajstić information content (AvgIpc) is 3.42. The van der Waals surface area contributed by atoms with Gasteiger partial charge in [-0.05, 0) is 36.8 Å². The third kappa shape index (κ3) is 4.54. The summed E-state index contributed by atoms with van der Waals surface area (Å²) < 4.78 is 2.08. The summed E-state index contributed by atoms with van der Waals surface area (Å²) >= 11 is 7.88. The Kier molecular flexibility index (Phi) is 6.43. The quantitative estimate of drug-likeness (QED) is 0.512. The van der Waals surface area contributed by atoms with Gasteiger partial charge in [0.05, 0.1) is 6.54 Å². The third-order valence-electron chi connectivity index (χ3n) is 5.08. The number of amides is 1. The first kappa shape index (κ1) is 20.9. The number of aromatic nitrogens is 5. The second-order valence-corrected chi connectivity index (χ2v) is 9.20. The SMILES string of the molecule is CC(C)Cn1c(CNC(=O)c2n[nH]c3c2CCC3)nnc1SCc1ccccc1Cl. The molecule has 0 saturated carbocycles. The minimum absolute atomic E-state index is 0.168. The predicted octanol–water partition coefficient (Wildman–Crippen LogP) is 4.02. The molecule has 2 heterocycles. The first-order chi connectivity index (χ1) is 14.5. The molecule has 2 N–H and O–H groups in total. The van der Waals surface area contributed by atoms with Gasteiger partial charge in [0, 0.05) is 28.6 Å². The molecular weight excluding hydrogens is 420 g/mol. The van der Waals surface area contributed by atoms with Gasteiger partial charge in [0.2, 0.25) is 0 Å². The number of carbonyl (C=O) groups excluding carboxylic acids is 1. The van der Waals surface area contributed by atoms with Gasteiger partial charge >= 0.3 is 0 Å². The Bertz CT molecular complexity index is 1040. The smallest absolute Gasteiger partial charge is 0.272 e. The molecule has 2 aromatic heterocycles. The van der Waals surface area contributed by atoms with E-state index in [-0.39, 0.29) is 5.91 Å². The molecule has 0 saturated heterocycles. The highest BCUT2D eigenvalue weighted by Crippen LogP contribution is 2.27. The van der Waals surface area contributed by atoms with E-state index in [4.69, 9.17) is 11.6 Å². The van der Waals surface area contributed by atoms with Crippen LogP contribution >= 0.6 is 23.4 Å². The van der Waals surface area contributed by atoms with Crippen LogP contribution in [0, 0.1) is 5.92 Å². The zero-order valence-corrected chi connectivity index (χ0v) is 18.7. The Morgan fingerprint density at radius 1 is 1.30 bits per heavy atom. The van der Waals surface area contributed by atoms with Crippen LogP contribution in [0.15, 0.2) is 29.4 Å². The highest BCUT2D eigenvalue weighted by atomic mass is 35.5. The number of halogens is 1. The fourth-order valence-corrected chi connectivity index (χ4v) is 4.87. The van der Waals surface area contributed by atoms with E-state index in [2.05, 4.69) is 44.1 Å². The molecule has 9 heteroatoms. The van der Waals surface area contributed by atoms with Crippen LogP contribution in [-0.2, 0) is 31.7 Å². The van der Waals surface area contributed by atoms with Gasteiger partial charge in [0.15, 0.2) is 16.7 Å². The highest BCUT2D eigenvalue weighted by Gasteiger charge is 2.23. The number of carbonyl (C=O) groups is 1. The molecule has 0 atom stereocenters. The lowest BCUT2D eigenvalue weighted by Gasteiger charge is -2.13. The monoisotopic (exact) mass is 444 g/mol. The molecule has 0 fully saturated rings. The lowest BCUT2D eigenvalue weighted by atomic mass is 10.2. The number of benzene rings is 1. The van der Waals surface area contributed by atoms with E-state index >= 15 is 0 Å². The summed E-state index contributed by atoms with van der Waals surface area (Å²) in [5.41, 5.74) is 3.70. The van der Waals surface area contributed by atoms with Crippen LogP contribution < -0.4 is 5.32 Å². The Labute approximate surface area is 185 Å². The first-order valence-electron chi connectivity index (χ1n) is 10.2. The van der Waals surface area contributed by atoms with Crippen LogP contribution in [0.4, 0.5) is 0 Å². The molecule has 30 heavy (non-hydrogen) atoms. The molecule has 1 aliphatic rings. The number of hydrogen-bond donors (Lipinski definition) is 2. The second kappa shape index (κ2) is 9.22. The Morgan fingerprint density at radius 2 is 2.13 bits per heavy atom. The van der Waals surface area contributed by atoms with E-state index in [1.807, 2.05) is 24.3 Å². The van der Waals surface area contributed by atoms with E-state index in [9.17, 15) is 4.79 Å². The number of fused-ring (bicyclic) bond motifs is 1. The summed E-state index contributed by atoms with van der Waals surface area (Å²) in [6.45, 7) is 5.39. The molecule has 158 valence electrons. The maximum Gasteiger partial charge on any atom is 0.272 e. The number of H-pyrrole nitrogens is 1. The van der Waals surface area contributed by atoms with Crippen LogP contribution in [0.1, 0.15) is 53.4 Å². The Hall–Kier alpha value is -2.32. The number of rotatable bonds is 8. The number of aryl methyl sites for hydroxylation is 1. The summed E-state index contributed by atoms with van der Waals surface area (Å²) in [6, 6.07) is 7.81. The zero-order chi connectivity index (χ0) is 21.1. The molecule has 0 bridgehead atoms. The fraction of sp³-hybridized carbons (Fsp3) is 0.429. The minimum atomic E-state index is -0.168. The maximum atomic E-state index is 12.7. The van der Waals surface area contributed by atoms with Crippen molar-refractivity contribution in [2.45, 2.75) is 57.1 Å². The van der Waals surface area contributed by atoms with E-state index < -0.39 is 0 Å². The molecule has 1 aliphatic carbocycles. The van der Waals surface area contributed by atoms with E-state index in [0.717, 1.165) is 58.6 Å². The summed E-state index contributed by atoms with van der Waals surface area (Å²) in [4.78, 5) is 12.7. The summed E-state index contributed by atoms with van der Waals surface area (Å²) in [5.74, 6) is 1.70. The van der Waals surface area contributed by atoms with Crippen LogP contribution in [0.2, 0.25) is 5.02 Å². The summed E-state index contributed by atoms with van der Waals surface area (Å²) in [5, 5.41) is 20.4. The van der Waals surface area contributed by atoms with Gasteiger partial charge in [0.1, 0.15) is 0 Å². The van der Waals surface area contributed by atoms with Crippen LogP contribution in [0.25, 0.3) is 0 Å². The van der Waals surface area contributed by atoms with E-state index in [1.165, 1.54) is 0 Å². The van der Waals surface area contributed by atoms with Crippen molar-refractivity contribution in [1.82, 2.24) is 30.3 Å².